The zero-order valence-electron chi connectivity index (χ0n) is 12.3. The molecule has 5 heteroatoms. The van der Waals surface area contributed by atoms with Gasteiger partial charge in [-0.3, -0.25) is 4.79 Å². The van der Waals surface area contributed by atoms with E-state index < -0.39 is 0 Å². The first kappa shape index (κ1) is 17.0. The fraction of sp³-hybridized carbons (Fsp3) is 0.533. The second kappa shape index (κ2) is 7.62. The van der Waals surface area contributed by atoms with Gasteiger partial charge < -0.3 is 15.0 Å². The largest absolute Gasteiger partial charge is 0.366 e. The lowest BCUT2D eigenvalue weighted by Crippen LogP contribution is -2.49. The van der Waals surface area contributed by atoms with Gasteiger partial charge in [0.2, 0.25) is 0 Å². The number of anilines is 1. The van der Waals surface area contributed by atoms with E-state index in [0.29, 0.717) is 19.7 Å². The van der Waals surface area contributed by atoms with Crippen LogP contribution in [-0.2, 0) is 9.53 Å². The highest BCUT2D eigenvalue weighted by Crippen LogP contribution is 2.20. The highest BCUT2D eigenvalue weighted by atomic mass is 35.5. The lowest BCUT2D eigenvalue weighted by atomic mass is 10.1. The lowest BCUT2D eigenvalue weighted by Gasteiger charge is -2.29. The number of amides is 1. The Morgan fingerprint density at radius 2 is 2.00 bits per heavy atom. The van der Waals surface area contributed by atoms with Gasteiger partial charge in [0.25, 0.3) is 5.91 Å². The van der Waals surface area contributed by atoms with E-state index in [9.17, 15) is 4.79 Å². The summed E-state index contributed by atoms with van der Waals surface area (Å²) in [5.74, 6) is 0.0414. The molecule has 112 valence electrons. The van der Waals surface area contributed by atoms with Crippen LogP contribution in [0.2, 0.25) is 0 Å². The van der Waals surface area contributed by atoms with Crippen molar-refractivity contribution in [3.63, 3.8) is 0 Å². The van der Waals surface area contributed by atoms with Gasteiger partial charge in [0.15, 0.2) is 0 Å². The molecule has 1 saturated heterocycles. The van der Waals surface area contributed by atoms with E-state index in [1.807, 2.05) is 32.9 Å². The minimum Gasteiger partial charge on any atom is -0.366 e. The molecule has 0 saturated carbocycles. The Morgan fingerprint density at radius 1 is 1.35 bits per heavy atom. The molecule has 20 heavy (non-hydrogen) atoms. The summed E-state index contributed by atoms with van der Waals surface area (Å²) in [5, 5.41) is 3.20. The molecule has 1 N–H and O–H groups in total. The number of halogens is 1. The van der Waals surface area contributed by atoms with Gasteiger partial charge in [0.1, 0.15) is 6.10 Å². The second-order valence-corrected chi connectivity index (χ2v) is 4.99. The fourth-order valence-electron chi connectivity index (χ4n) is 2.47. The molecule has 1 amide bonds. The van der Waals surface area contributed by atoms with Gasteiger partial charge in [-0.05, 0) is 44.0 Å². The Balaban J connectivity index is 0.00000200. The Labute approximate surface area is 126 Å². The quantitative estimate of drug-likeness (QED) is 0.929. The number of aryl methyl sites for hydroxylation is 2. The van der Waals surface area contributed by atoms with Crippen molar-refractivity contribution in [2.75, 3.05) is 31.1 Å². The summed E-state index contributed by atoms with van der Waals surface area (Å²) in [6, 6.07) is 6.20. The van der Waals surface area contributed by atoms with Crippen molar-refractivity contribution >= 4 is 24.0 Å². The number of likely N-dealkylation sites (N-methyl/N-ethyl adjacent to an activating group) is 1. The number of hydrogen-bond donors (Lipinski definition) is 1. The number of carbonyl (C=O) groups is 1. The zero-order valence-corrected chi connectivity index (χ0v) is 13.1. The van der Waals surface area contributed by atoms with Crippen molar-refractivity contribution < 1.29 is 9.53 Å². The van der Waals surface area contributed by atoms with Crippen molar-refractivity contribution in [2.45, 2.75) is 26.9 Å². The maximum absolute atomic E-state index is 12.5. The van der Waals surface area contributed by atoms with Crippen LogP contribution in [0.4, 0.5) is 5.69 Å². The molecule has 1 unspecified atom stereocenters. The number of rotatable bonds is 3. The summed E-state index contributed by atoms with van der Waals surface area (Å²) in [7, 11) is 0. The smallest absolute Gasteiger partial charge is 0.257 e. The van der Waals surface area contributed by atoms with Crippen molar-refractivity contribution in [2.24, 2.45) is 0 Å². The molecule has 4 nitrogen and oxygen atoms in total. The summed E-state index contributed by atoms with van der Waals surface area (Å²) in [6.45, 7) is 8.76. The Bertz CT molecular complexity index is 439. The molecular formula is C15H23ClN2O2. The number of hydrogen-bond acceptors (Lipinski definition) is 3. The molecular weight excluding hydrogens is 276 g/mol. The number of nitrogens with one attached hydrogen (secondary N) is 1. The van der Waals surface area contributed by atoms with Gasteiger partial charge >= 0.3 is 0 Å². The third kappa shape index (κ3) is 3.95. The van der Waals surface area contributed by atoms with E-state index in [1.165, 1.54) is 11.1 Å². The van der Waals surface area contributed by atoms with Gasteiger partial charge in [-0.25, -0.2) is 0 Å². The molecule has 1 atom stereocenters. The molecule has 1 aliphatic rings. The van der Waals surface area contributed by atoms with Crippen LogP contribution in [0, 0.1) is 13.8 Å². The number of carbonyl (C=O) groups excluding carboxylic acids is 1. The molecule has 0 spiro atoms. The van der Waals surface area contributed by atoms with E-state index in [-0.39, 0.29) is 24.4 Å². The van der Waals surface area contributed by atoms with Gasteiger partial charge in [-0.2, -0.15) is 0 Å². The van der Waals surface area contributed by atoms with Gasteiger partial charge in [-0.15, -0.1) is 12.4 Å². The van der Waals surface area contributed by atoms with E-state index in [2.05, 4.69) is 11.4 Å². The molecule has 1 fully saturated rings. The maximum Gasteiger partial charge on any atom is 0.257 e. The van der Waals surface area contributed by atoms with Crippen molar-refractivity contribution in [3.8, 4) is 0 Å². The van der Waals surface area contributed by atoms with Crippen LogP contribution in [0.1, 0.15) is 18.1 Å². The first-order valence-electron chi connectivity index (χ1n) is 6.84. The van der Waals surface area contributed by atoms with Crippen LogP contribution in [-0.4, -0.2) is 38.3 Å². The summed E-state index contributed by atoms with van der Waals surface area (Å²) in [6.07, 6.45) is -0.366. The molecule has 0 bridgehead atoms. The molecule has 0 aromatic heterocycles. The summed E-state index contributed by atoms with van der Waals surface area (Å²) in [5.41, 5.74) is 3.30. The zero-order chi connectivity index (χ0) is 13.8. The average molecular weight is 299 g/mol. The van der Waals surface area contributed by atoms with E-state index in [1.54, 1.807) is 4.90 Å². The van der Waals surface area contributed by atoms with Gasteiger partial charge in [0, 0.05) is 25.3 Å². The number of morpholine rings is 1. The summed E-state index contributed by atoms with van der Waals surface area (Å²) >= 11 is 0. The van der Waals surface area contributed by atoms with Gasteiger partial charge in [-0.1, -0.05) is 6.07 Å². The van der Waals surface area contributed by atoms with Crippen LogP contribution < -0.4 is 10.2 Å². The first-order chi connectivity index (χ1) is 9.11. The predicted molar refractivity (Wildman–Crippen MR) is 83.8 cm³/mol. The van der Waals surface area contributed by atoms with E-state index >= 15 is 0 Å². The molecule has 0 radical (unpaired) electrons. The van der Waals surface area contributed by atoms with Crippen molar-refractivity contribution in [3.05, 3.63) is 29.3 Å². The topological polar surface area (TPSA) is 41.6 Å². The fourth-order valence-corrected chi connectivity index (χ4v) is 2.47. The minimum absolute atomic E-state index is 0. The molecule has 1 aromatic rings. The van der Waals surface area contributed by atoms with Crippen LogP contribution in [0.3, 0.4) is 0 Å². The number of ether oxygens (including phenoxy) is 1. The third-order valence-electron chi connectivity index (χ3n) is 3.30. The highest BCUT2D eigenvalue weighted by Gasteiger charge is 2.27. The predicted octanol–water partition coefficient (Wildman–Crippen LogP) is 2.07. The summed E-state index contributed by atoms with van der Waals surface area (Å²) in [4.78, 5) is 14.3. The first-order valence-corrected chi connectivity index (χ1v) is 6.84. The molecule has 0 aliphatic carbocycles. The lowest BCUT2D eigenvalue weighted by molar-refractivity contribution is -0.131. The van der Waals surface area contributed by atoms with Crippen LogP contribution in [0.15, 0.2) is 18.2 Å². The highest BCUT2D eigenvalue weighted by molar-refractivity contribution is 5.97. The molecule has 1 heterocycles. The van der Waals surface area contributed by atoms with Crippen LogP contribution in [0.5, 0.6) is 0 Å². The van der Waals surface area contributed by atoms with Gasteiger partial charge in [0.05, 0.1) is 6.61 Å². The standard InChI is InChI=1S/C15H22N2O2.ClH/c1-4-17(13-8-11(2)7-12(3)9-13)15(18)14-10-16-5-6-19-14;/h7-9,14,16H,4-6,10H2,1-3H3;1H. The maximum atomic E-state index is 12.5. The number of nitrogens with zero attached hydrogens (tertiary/aromatic N) is 1. The Morgan fingerprint density at radius 3 is 2.50 bits per heavy atom. The van der Waals surface area contributed by atoms with Crippen molar-refractivity contribution in [1.29, 1.82) is 0 Å². The average Bonchev–Trinajstić information content (AvgIpc) is 2.39. The second-order valence-electron chi connectivity index (χ2n) is 4.99. The SMILES string of the molecule is CCN(C(=O)C1CNCCO1)c1cc(C)cc(C)c1.Cl. The third-order valence-corrected chi connectivity index (χ3v) is 3.30. The normalized spacial score (nSPS) is 18.2. The van der Waals surface area contributed by atoms with E-state index in [4.69, 9.17) is 4.74 Å². The monoisotopic (exact) mass is 298 g/mol. The Hall–Kier alpha value is -1.10. The molecule has 1 aromatic carbocycles. The number of benzene rings is 1. The Kier molecular flexibility index (Phi) is 6.46. The summed E-state index contributed by atoms with van der Waals surface area (Å²) < 4.78 is 5.55. The molecule has 1 aliphatic heterocycles. The van der Waals surface area contributed by atoms with Crippen LogP contribution in [0.25, 0.3) is 0 Å². The molecule has 2 rings (SSSR count). The van der Waals surface area contributed by atoms with Crippen molar-refractivity contribution in [1.82, 2.24) is 5.32 Å². The van der Waals surface area contributed by atoms with Crippen LogP contribution >= 0.6 is 12.4 Å². The van der Waals surface area contributed by atoms with E-state index in [0.717, 1.165) is 12.2 Å². The minimum atomic E-state index is -0.366.